The van der Waals surface area contributed by atoms with Crippen LogP contribution in [0.5, 0.6) is 5.75 Å². The van der Waals surface area contributed by atoms with Crippen LogP contribution in [-0.2, 0) is 13.6 Å². The molecule has 2 aromatic heterocycles. The number of aryl methyl sites for hydroxylation is 1. The minimum absolute atomic E-state index is 0.160. The van der Waals surface area contributed by atoms with Crippen LogP contribution < -0.4 is 5.43 Å². The number of benzene rings is 2. The largest absolute Gasteiger partial charge is 0.502 e. The second kappa shape index (κ2) is 7.05. The number of carbonyl (C=O) groups excluding carboxylic acids is 1. The molecule has 31 heavy (non-hydrogen) atoms. The molecule has 3 heterocycles. The van der Waals surface area contributed by atoms with Crippen molar-refractivity contribution in [3.63, 3.8) is 0 Å². The first-order valence-electron chi connectivity index (χ1n) is 9.69. The highest BCUT2D eigenvalue weighted by molar-refractivity contribution is 5.96. The number of hydrogen-bond acceptors (Lipinski definition) is 5. The van der Waals surface area contributed by atoms with Gasteiger partial charge in [-0.25, -0.2) is 9.07 Å². The van der Waals surface area contributed by atoms with Gasteiger partial charge in [-0.05, 0) is 29.3 Å². The summed E-state index contributed by atoms with van der Waals surface area (Å²) >= 11 is 0. The van der Waals surface area contributed by atoms with E-state index in [0.717, 1.165) is 28.2 Å². The summed E-state index contributed by atoms with van der Waals surface area (Å²) in [4.78, 5) is 26.8. The van der Waals surface area contributed by atoms with Crippen molar-refractivity contribution in [3.05, 3.63) is 87.7 Å². The Kier molecular flexibility index (Phi) is 4.32. The smallest absolute Gasteiger partial charge is 0.276 e. The SMILES string of the molecule is Cn1ncc2c(C3CN(Cc4ccc(F)cc4)C(=O)c4c(O)c(=O)cnn43)cccc21. The highest BCUT2D eigenvalue weighted by Crippen LogP contribution is 2.33. The average molecular weight is 419 g/mol. The molecule has 0 bridgehead atoms. The van der Waals surface area contributed by atoms with Crippen molar-refractivity contribution in [1.82, 2.24) is 24.5 Å². The van der Waals surface area contributed by atoms with E-state index in [2.05, 4.69) is 10.2 Å². The van der Waals surface area contributed by atoms with Gasteiger partial charge < -0.3 is 10.0 Å². The van der Waals surface area contributed by atoms with Gasteiger partial charge in [0.1, 0.15) is 5.82 Å². The van der Waals surface area contributed by atoms with E-state index in [1.165, 1.54) is 21.7 Å². The Morgan fingerprint density at radius 1 is 1.10 bits per heavy atom. The summed E-state index contributed by atoms with van der Waals surface area (Å²) < 4.78 is 16.5. The van der Waals surface area contributed by atoms with Crippen LogP contribution in [0.15, 0.2) is 59.7 Å². The minimum Gasteiger partial charge on any atom is -0.502 e. The van der Waals surface area contributed by atoms with Crippen molar-refractivity contribution >= 4 is 16.8 Å². The van der Waals surface area contributed by atoms with Gasteiger partial charge in [0, 0.05) is 25.5 Å². The summed E-state index contributed by atoms with van der Waals surface area (Å²) in [6, 6.07) is 11.2. The number of nitrogens with zero attached hydrogens (tertiary/aromatic N) is 5. The van der Waals surface area contributed by atoms with Crippen LogP contribution in [0.3, 0.4) is 0 Å². The lowest BCUT2D eigenvalue weighted by molar-refractivity contribution is 0.0650. The van der Waals surface area contributed by atoms with Gasteiger partial charge in [-0.3, -0.25) is 14.3 Å². The molecular weight excluding hydrogens is 401 g/mol. The van der Waals surface area contributed by atoms with Gasteiger partial charge in [-0.15, -0.1) is 0 Å². The monoisotopic (exact) mass is 419 g/mol. The van der Waals surface area contributed by atoms with Crippen LogP contribution in [-0.4, -0.2) is 42.0 Å². The van der Waals surface area contributed by atoms with Crippen molar-refractivity contribution in [2.45, 2.75) is 12.6 Å². The molecule has 0 fully saturated rings. The molecule has 4 aromatic rings. The van der Waals surface area contributed by atoms with Gasteiger partial charge in [-0.2, -0.15) is 10.2 Å². The fourth-order valence-electron chi connectivity index (χ4n) is 4.08. The normalized spacial score (nSPS) is 16.0. The second-order valence-corrected chi connectivity index (χ2v) is 7.53. The number of aromatic nitrogens is 4. The van der Waals surface area contributed by atoms with Crippen LogP contribution >= 0.6 is 0 Å². The first-order chi connectivity index (χ1) is 14.9. The van der Waals surface area contributed by atoms with E-state index in [-0.39, 0.29) is 24.6 Å². The highest BCUT2D eigenvalue weighted by atomic mass is 19.1. The first kappa shape index (κ1) is 19.0. The van der Waals surface area contributed by atoms with Gasteiger partial charge >= 0.3 is 0 Å². The molecule has 1 amide bonds. The van der Waals surface area contributed by atoms with Crippen molar-refractivity contribution in [3.8, 4) is 5.75 Å². The molecule has 1 aliphatic heterocycles. The molecule has 0 aliphatic carbocycles. The zero-order valence-corrected chi connectivity index (χ0v) is 16.6. The van der Waals surface area contributed by atoms with Gasteiger partial charge in [-0.1, -0.05) is 24.3 Å². The molecule has 0 spiro atoms. The molecular formula is C22H18FN5O3. The molecule has 1 aliphatic rings. The van der Waals surface area contributed by atoms with E-state index in [4.69, 9.17) is 0 Å². The van der Waals surface area contributed by atoms with Gasteiger partial charge in [0.05, 0.1) is 24.0 Å². The van der Waals surface area contributed by atoms with Crippen molar-refractivity contribution in [2.24, 2.45) is 7.05 Å². The number of aromatic hydroxyl groups is 1. The third kappa shape index (κ3) is 3.05. The Bertz CT molecular complexity index is 1380. The third-order valence-electron chi connectivity index (χ3n) is 5.64. The van der Waals surface area contributed by atoms with Gasteiger partial charge in [0.2, 0.25) is 5.43 Å². The predicted molar refractivity (Wildman–Crippen MR) is 110 cm³/mol. The average Bonchev–Trinajstić information content (AvgIpc) is 3.15. The second-order valence-electron chi connectivity index (χ2n) is 7.53. The number of halogens is 1. The van der Waals surface area contributed by atoms with Crippen LogP contribution in [0.1, 0.15) is 27.7 Å². The number of fused-ring (bicyclic) bond motifs is 2. The predicted octanol–water partition coefficient (Wildman–Crippen LogP) is 2.22. The van der Waals surface area contributed by atoms with E-state index in [1.807, 2.05) is 25.2 Å². The lowest BCUT2D eigenvalue weighted by atomic mass is 9.99. The Morgan fingerprint density at radius 3 is 2.65 bits per heavy atom. The van der Waals surface area contributed by atoms with Crippen molar-refractivity contribution in [2.75, 3.05) is 6.54 Å². The van der Waals surface area contributed by atoms with E-state index in [9.17, 15) is 19.1 Å². The van der Waals surface area contributed by atoms with Gasteiger partial charge in [0.25, 0.3) is 5.91 Å². The molecule has 156 valence electrons. The number of carbonyl (C=O) groups is 1. The van der Waals surface area contributed by atoms with E-state index in [0.29, 0.717) is 0 Å². The Labute approximate surface area is 175 Å². The zero-order chi connectivity index (χ0) is 21.7. The molecule has 1 unspecified atom stereocenters. The fraction of sp³-hybridized carbons (Fsp3) is 0.182. The maximum Gasteiger partial charge on any atom is 0.276 e. The molecule has 1 N–H and O–H groups in total. The lowest BCUT2D eigenvalue weighted by Crippen LogP contribution is -2.45. The Hall–Kier alpha value is -4.01. The molecule has 0 radical (unpaired) electrons. The van der Waals surface area contributed by atoms with Crippen LogP contribution in [0, 0.1) is 5.82 Å². The zero-order valence-electron chi connectivity index (χ0n) is 16.6. The molecule has 1 atom stereocenters. The standard InChI is InChI=1S/C22H18FN5O3/c1-26-17-4-2-3-15(16(17)9-24-26)18-12-27(11-13-5-7-14(23)8-6-13)22(31)20-21(30)19(29)10-25-28(18)20/h2-10,18,30H,11-12H2,1H3. The maximum absolute atomic E-state index is 13.3. The maximum atomic E-state index is 13.3. The highest BCUT2D eigenvalue weighted by Gasteiger charge is 2.36. The fourth-order valence-corrected chi connectivity index (χ4v) is 4.08. The summed E-state index contributed by atoms with van der Waals surface area (Å²) in [6.45, 7) is 0.452. The number of amides is 1. The molecule has 9 heteroatoms. The Morgan fingerprint density at radius 2 is 1.87 bits per heavy atom. The van der Waals surface area contributed by atoms with Crippen LogP contribution in [0.2, 0.25) is 0 Å². The summed E-state index contributed by atoms with van der Waals surface area (Å²) in [5.74, 6) is -1.51. The summed E-state index contributed by atoms with van der Waals surface area (Å²) in [5, 5.41) is 19.8. The number of rotatable bonds is 3. The first-order valence-corrected chi connectivity index (χ1v) is 9.69. The lowest BCUT2D eigenvalue weighted by Gasteiger charge is -2.35. The molecule has 0 saturated heterocycles. The quantitative estimate of drug-likeness (QED) is 0.550. The molecule has 0 saturated carbocycles. The van der Waals surface area contributed by atoms with E-state index >= 15 is 0 Å². The van der Waals surface area contributed by atoms with Crippen LogP contribution in [0.4, 0.5) is 4.39 Å². The summed E-state index contributed by atoms with van der Waals surface area (Å²) in [5.41, 5.74) is 1.62. The van der Waals surface area contributed by atoms with E-state index < -0.39 is 23.1 Å². The third-order valence-corrected chi connectivity index (χ3v) is 5.64. The molecule has 5 rings (SSSR count). The molecule has 2 aromatic carbocycles. The topological polar surface area (TPSA) is 93.2 Å². The van der Waals surface area contributed by atoms with E-state index in [1.54, 1.807) is 23.0 Å². The molecule has 8 nitrogen and oxygen atoms in total. The minimum atomic E-state index is -0.721. The number of hydrogen-bond donors (Lipinski definition) is 1. The Balaban J connectivity index is 1.66. The van der Waals surface area contributed by atoms with Crippen molar-refractivity contribution < 1.29 is 14.3 Å². The summed E-state index contributed by atoms with van der Waals surface area (Å²) in [7, 11) is 1.84. The van der Waals surface area contributed by atoms with Crippen molar-refractivity contribution in [1.29, 1.82) is 0 Å². The summed E-state index contributed by atoms with van der Waals surface area (Å²) in [6.07, 6.45) is 2.76. The van der Waals surface area contributed by atoms with Gasteiger partial charge in [0.15, 0.2) is 11.4 Å². The van der Waals surface area contributed by atoms with Crippen LogP contribution in [0.25, 0.3) is 10.9 Å².